The van der Waals surface area contributed by atoms with E-state index in [0.29, 0.717) is 24.1 Å². The number of carbonyl (C=O) groups excluding carboxylic acids is 1. The van der Waals surface area contributed by atoms with Crippen LogP contribution in [0.15, 0.2) is 29.1 Å². The van der Waals surface area contributed by atoms with Gasteiger partial charge in [0.05, 0.1) is 23.9 Å². The van der Waals surface area contributed by atoms with Crippen LogP contribution in [0.4, 0.5) is 15.9 Å². The number of aryl methyl sites for hydroxylation is 1. The minimum atomic E-state index is -0.450. The van der Waals surface area contributed by atoms with Gasteiger partial charge in [-0.2, -0.15) is 0 Å². The molecule has 1 N–H and O–H groups in total. The maximum atomic E-state index is 14.3. The first-order chi connectivity index (χ1) is 12.3. The van der Waals surface area contributed by atoms with Crippen LogP contribution >= 0.6 is 0 Å². The Bertz CT molecular complexity index is 921. The predicted molar refractivity (Wildman–Crippen MR) is 97.1 cm³/mol. The number of hydrogen-bond donors (Lipinski definition) is 1. The summed E-state index contributed by atoms with van der Waals surface area (Å²) in [7, 11) is 1.55. The van der Waals surface area contributed by atoms with Crippen molar-refractivity contribution in [2.24, 2.45) is 7.05 Å². The van der Waals surface area contributed by atoms with Crippen molar-refractivity contribution in [2.75, 3.05) is 11.9 Å². The van der Waals surface area contributed by atoms with Gasteiger partial charge in [0, 0.05) is 13.1 Å². The molecule has 0 bridgehead atoms. The number of rotatable bonds is 4. The van der Waals surface area contributed by atoms with E-state index in [-0.39, 0.29) is 29.1 Å². The number of carbonyl (C=O) groups is 1. The molecule has 0 radical (unpaired) electrons. The Hall–Kier alpha value is -2.67. The first kappa shape index (κ1) is 18.1. The Morgan fingerprint density at radius 3 is 2.62 bits per heavy atom. The summed E-state index contributed by atoms with van der Waals surface area (Å²) in [4.78, 5) is 30.8. The Labute approximate surface area is 151 Å². The fourth-order valence-electron chi connectivity index (χ4n) is 2.98. The first-order valence-corrected chi connectivity index (χ1v) is 8.52. The zero-order chi connectivity index (χ0) is 19.0. The highest BCUT2D eigenvalue weighted by atomic mass is 19.1. The van der Waals surface area contributed by atoms with Gasteiger partial charge in [-0.3, -0.25) is 19.0 Å². The van der Waals surface area contributed by atoms with Crippen molar-refractivity contribution < 1.29 is 14.0 Å². The Kier molecular flexibility index (Phi) is 4.82. The molecule has 1 aliphatic heterocycles. The quantitative estimate of drug-likeness (QED) is 0.912. The van der Waals surface area contributed by atoms with Crippen LogP contribution in [-0.2, 0) is 18.3 Å². The monoisotopic (exact) mass is 359 g/mol. The highest BCUT2D eigenvalue weighted by molar-refractivity contribution is 6.01. The molecule has 0 saturated carbocycles. The van der Waals surface area contributed by atoms with Crippen molar-refractivity contribution in [1.82, 2.24) is 9.63 Å². The molecule has 0 saturated heterocycles. The maximum Gasteiger partial charge on any atom is 0.281 e. The smallest absolute Gasteiger partial charge is 0.281 e. The lowest BCUT2D eigenvalue weighted by Crippen LogP contribution is -2.41. The van der Waals surface area contributed by atoms with Gasteiger partial charge in [-0.1, -0.05) is 6.07 Å². The lowest BCUT2D eigenvalue weighted by Gasteiger charge is -2.31. The fraction of sp³-hybridized carbons (Fsp3) is 0.368. The summed E-state index contributed by atoms with van der Waals surface area (Å²) in [5.41, 5.74) is 1.69. The largest absolute Gasteiger partial charge is 0.338 e. The van der Waals surface area contributed by atoms with Crippen LogP contribution in [0.2, 0.25) is 0 Å². The summed E-state index contributed by atoms with van der Waals surface area (Å²) in [6, 6.07) is 6.20. The average molecular weight is 359 g/mol. The van der Waals surface area contributed by atoms with Crippen LogP contribution in [0.1, 0.15) is 35.3 Å². The number of fused-ring (bicyclic) bond motifs is 1. The van der Waals surface area contributed by atoms with E-state index in [0.717, 1.165) is 5.56 Å². The Morgan fingerprint density at radius 1 is 1.23 bits per heavy atom. The summed E-state index contributed by atoms with van der Waals surface area (Å²) in [5, 5.41) is 4.23. The van der Waals surface area contributed by atoms with Gasteiger partial charge in [0.2, 0.25) is 0 Å². The Morgan fingerprint density at radius 2 is 1.96 bits per heavy atom. The van der Waals surface area contributed by atoms with Crippen LogP contribution < -0.4 is 10.9 Å². The van der Waals surface area contributed by atoms with Crippen molar-refractivity contribution in [3.8, 4) is 0 Å². The molecule has 1 aromatic heterocycles. The molecule has 6 nitrogen and oxygen atoms in total. The second kappa shape index (κ2) is 6.92. The van der Waals surface area contributed by atoms with Crippen LogP contribution in [0.3, 0.4) is 0 Å². The zero-order valence-electron chi connectivity index (χ0n) is 15.3. The maximum absolute atomic E-state index is 14.3. The van der Waals surface area contributed by atoms with Gasteiger partial charge in [0.15, 0.2) is 0 Å². The van der Waals surface area contributed by atoms with E-state index in [4.69, 9.17) is 4.84 Å². The number of benzene rings is 1. The van der Waals surface area contributed by atoms with E-state index in [1.54, 1.807) is 26.1 Å². The number of anilines is 2. The van der Waals surface area contributed by atoms with Crippen LogP contribution in [0.5, 0.6) is 0 Å². The third-order valence-electron chi connectivity index (χ3n) is 4.26. The zero-order valence-corrected chi connectivity index (χ0v) is 15.3. The number of nitrogens with zero attached hydrogens (tertiary/aromatic N) is 2. The minimum absolute atomic E-state index is 0.154. The number of hydroxylamine groups is 2. The predicted octanol–water partition coefficient (Wildman–Crippen LogP) is 2.91. The molecule has 3 rings (SSSR count). The second-order valence-corrected chi connectivity index (χ2v) is 6.71. The second-order valence-electron chi connectivity index (χ2n) is 6.71. The van der Waals surface area contributed by atoms with Crippen molar-refractivity contribution in [3.05, 3.63) is 57.1 Å². The van der Waals surface area contributed by atoms with Crippen molar-refractivity contribution >= 4 is 17.4 Å². The molecule has 1 aromatic carbocycles. The molecular formula is C19H22FN3O3. The molecule has 0 unspecified atom stereocenters. The van der Waals surface area contributed by atoms with Crippen molar-refractivity contribution in [1.29, 1.82) is 0 Å². The molecule has 7 heteroatoms. The first-order valence-electron chi connectivity index (χ1n) is 8.52. The molecular weight excluding hydrogens is 337 g/mol. The third-order valence-corrected chi connectivity index (χ3v) is 4.26. The molecule has 2 aromatic rings. The van der Waals surface area contributed by atoms with Gasteiger partial charge in [-0.25, -0.2) is 9.45 Å². The summed E-state index contributed by atoms with van der Waals surface area (Å²) in [6.45, 7) is 5.84. The molecule has 1 amide bonds. The fourth-order valence-corrected chi connectivity index (χ4v) is 2.98. The van der Waals surface area contributed by atoms with Crippen molar-refractivity contribution in [3.63, 3.8) is 0 Å². The average Bonchev–Trinajstić information content (AvgIpc) is 2.56. The van der Waals surface area contributed by atoms with Gasteiger partial charge in [0.1, 0.15) is 11.6 Å². The highest BCUT2D eigenvalue weighted by Gasteiger charge is 2.31. The lowest BCUT2D eigenvalue weighted by molar-refractivity contribution is -0.153. The molecule has 0 spiro atoms. The van der Waals surface area contributed by atoms with Crippen molar-refractivity contribution in [2.45, 2.75) is 33.3 Å². The number of aromatic nitrogens is 1. The highest BCUT2D eigenvalue weighted by Crippen LogP contribution is 2.29. The topological polar surface area (TPSA) is 63.6 Å². The lowest BCUT2D eigenvalue weighted by atomic mass is 10.0. The van der Waals surface area contributed by atoms with E-state index in [1.165, 1.54) is 21.8 Å². The number of nitrogens with one attached hydrogen (secondary N) is 1. The number of hydrogen-bond acceptors (Lipinski definition) is 4. The molecule has 0 atom stereocenters. The molecule has 26 heavy (non-hydrogen) atoms. The number of halogens is 1. The van der Waals surface area contributed by atoms with E-state index < -0.39 is 5.82 Å². The van der Waals surface area contributed by atoms with E-state index >= 15 is 0 Å². The minimum Gasteiger partial charge on any atom is -0.338 e. The van der Waals surface area contributed by atoms with Crippen LogP contribution in [0, 0.1) is 12.7 Å². The van der Waals surface area contributed by atoms with Gasteiger partial charge >= 0.3 is 0 Å². The molecule has 0 aliphatic carbocycles. The molecule has 0 fully saturated rings. The number of pyridine rings is 1. The summed E-state index contributed by atoms with van der Waals surface area (Å²) >= 11 is 0. The van der Waals surface area contributed by atoms with Crippen LogP contribution in [0.25, 0.3) is 0 Å². The molecule has 1 aliphatic rings. The molecule has 2 heterocycles. The summed E-state index contributed by atoms with van der Waals surface area (Å²) < 4.78 is 15.6. The van der Waals surface area contributed by atoms with Crippen LogP contribution in [-0.4, -0.2) is 28.2 Å². The standard InChI is InChI=1S/C19H22FN3O3/c1-11(2)26-23-8-7-13-10-16(24)22(4)18(17(13)19(23)25)21-15-6-5-12(3)9-14(15)20/h5-6,9-11,21H,7-8H2,1-4H3. The Balaban J connectivity index is 2.09. The normalized spacial score (nSPS) is 13.9. The summed E-state index contributed by atoms with van der Waals surface area (Å²) in [6.07, 6.45) is 0.341. The van der Waals surface area contributed by atoms with Gasteiger partial charge in [0.25, 0.3) is 11.5 Å². The molecule has 138 valence electrons. The SMILES string of the molecule is Cc1ccc(Nc2c3c(cc(=O)n2C)CCN(OC(C)C)C3=O)c(F)c1. The van der Waals surface area contributed by atoms with Gasteiger partial charge in [-0.05, 0) is 50.5 Å². The van der Waals surface area contributed by atoms with E-state index in [2.05, 4.69) is 5.32 Å². The number of amides is 1. The van der Waals surface area contributed by atoms with E-state index in [1.807, 2.05) is 13.8 Å². The van der Waals surface area contributed by atoms with Gasteiger partial charge in [-0.15, -0.1) is 0 Å². The third kappa shape index (κ3) is 3.35. The van der Waals surface area contributed by atoms with Gasteiger partial charge < -0.3 is 5.32 Å². The van der Waals surface area contributed by atoms with E-state index in [9.17, 15) is 14.0 Å². The summed E-state index contributed by atoms with van der Waals surface area (Å²) in [5.74, 6) is -0.531.